The number of thiocarbonyl (C=S) groups is 1. The van der Waals surface area contributed by atoms with Crippen LogP contribution in [0.5, 0.6) is 0 Å². The summed E-state index contributed by atoms with van der Waals surface area (Å²) >= 11 is 5.45. The number of nitrogens with zero attached hydrogens (tertiary/aromatic N) is 3. The molecule has 8 nitrogen and oxygen atoms in total. The van der Waals surface area contributed by atoms with Gasteiger partial charge in [-0.1, -0.05) is 37.9 Å². The summed E-state index contributed by atoms with van der Waals surface area (Å²) in [5, 5.41) is 3.23. The van der Waals surface area contributed by atoms with Crippen molar-refractivity contribution < 1.29 is 23.5 Å². The van der Waals surface area contributed by atoms with Crippen molar-refractivity contribution in [3.8, 4) is 0 Å². The van der Waals surface area contributed by atoms with Crippen LogP contribution in [0.25, 0.3) is 0 Å². The van der Waals surface area contributed by atoms with E-state index in [0.29, 0.717) is 56.6 Å². The highest BCUT2D eigenvalue weighted by atomic mass is 32.1. The molecule has 3 fully saturated rings. The summed E-state index contributed by atoms with van der Waals surface area (Å²) in [6.45, 7) is 2.73. The molecule has 0 spiro atoms. The number of hydrogen-bond donors (Lipinski definition) is 1. The van der Waals surface area contributed by atoms with Crippen molar-refractivity contribution in [2.45, 2.75) is 38.2 Å². The van der Waals surface area contributed by atoms with Crippen molar-refractivity contribution in [3.63, 3.8) is 0 Å². The van der Waals surface area contributed by atoms with E-state index < -0.39 is 11.9 Å². The van der Waals surface area contributed by atoms with Crippen LogP contribution in [0, 0.1) is 11.7 Å². The first-order valence-electron chi connectivity index (χ1n) is 11.6. The zero-order valence-corrected chi connectivity index (χ0v) is 19.7. The average Bonchev–Trinajstić information content (AvgIpc) is 3.46. The number of piperazine rings is 1. The average molecular weight is 479 g/mol. The maximum atomic E-state index is 14.9. The summed E-state index contributed by atoms with van der Waals surface area (Å²) in [4.78, 5) is 29.8. The predicted molar refractivity (Wildman–Crippen MR) is 127 cm³/mol. The Morgan fingerprint density at radius 2 is 1.97 bits per heavy atom. The van der Waals surface area contributed by atoms with Crippen molar-refractivity contribution >= 4 is 40.8 Å². The van der Waals surface area contributed by atoms with E-state index in [-0.39, 0.29) is 12.2 Å². The molecule has 1 atom stereocenters. The van der Waals surface area contributed by atoms with Crippen molar-refractivity contribution in [1.29, 1.82) is 0 Å². The number of ether oxygens (including phenoxy) is 2. The number of methoxy groups -OCH3 is 1. The molecule has 1 aromatic rings. The van der Waals surface area contributed by atoms with Gasteiger partial charge in [-0.15, -0.1) is 0 Å². The Hall–Kier alpha value is -2.62. The Balaban J connectivity index is 1.30. The first-order chi connectivity index (χ1) is 15.9. The number of benzene rings is 1. The molecule has 1 saturated carbocycles. The molecule has 10 heteroatoms. The van der Waals surface area contributed by atoms with E-state index in [1.807, 2.05) is 4.90 Å². The maximum Gasteiger partial charge on any atom is 0.414 e. The normalized spacial score (nSPS) is 21.3. The zero-order chi connectivity index (χ0) is 23.4. The molecule has 1 unspecified atom stereocenters. The lowest BCUT2D eigenvalue weighted by Crippen LogP contribution is -2.49. The Morgan fingerprint density at radius 3 is 2.64 bits per heavy atom. The lowest BCUT2D eigenvalue weighted by molar-refractivity contribution is 0.121. The second kappa shape index (κ2) is 10.5. The van der Waals surface area contributed by atoms with Crippen LogP contribution in [-0.2, 0) is 9.47 Å². The first-order valence-corrected chi connectivity index (χ1v) is 12.0. The number of amides is 2. The van der Waals surface area contributed by atoms with Gasteiger partial charge in [0.25, 0.3) is 0 Å². The Bertz CT molecular complexity index is 887. The van der Waals surface area contributed by atoms with Crippen molar-refractivity contribution in [3.05, 3.63) is 24.0 Å². The summed E-state index contributed by atoms with van der Waals surface area (Å²) in [6.07, 6.45) is 4.72. The number of anilines is 2. The summed E-state index contributed by atoms with van der Waals surface area (Å²) in [5.74, 6) is 0.253. The van der Waals surface area contributed by atoms with Crippen LogP contribution in [0.2, 0.25) is 0 Å². The van der Waals surface area contributed by atoms with E-state index in [4.69, 9.17) is 21.7 Å². The molecule has 4 rings (SSSR count). The van der Waals surface area contributed by atoms with E-state index in [1.54, 1.807) is 17.0 Å². The van der Waals surface area contributed by atoms with Crippen molar-refractivity contribution in [2.75, 3.05) is 56.2 Å². The minimum atomic E-state index is -0.484. The molecule has 1 aromatic carbocycles. The van der Waals surface area contributed by atoms with E-state index in [0.717, 1.165) is 11.4 Å². The monoisotopic (exact) mass is 478 g/mol. The number of hydrogen-bond acceptors (Lipinski definition) is 6. The summed E-state index contributed by atoms with van der Waals surface area (Å²) in [7, 11) is 1.35. The van der Waals surface area contributed by atoms with Crippen LogP contribution in [-0.4, -0.2) is 74.6 Å². The fraction of sp³-hybridized carbons (Fsp3) is 0.609. The molecular weight excluding hydrogens is 447 g/mol. The molecule has 0 radical (unpaired) electrons. The molecule has 0 bridgehead atoms. The summed E-state index contributed by atoms with van der Waals surface area (Å²) in [5.41, 5.74) is 0.914. The molecule has 1 aliphatic carbocycles. The van der Waals surface area contributed by atoms with Gasteiger partial charge in [-0.2, -0.15) is 0 Å². The van der Waals surface area contributed by atoms with Crippen molar-refractivity contribution in [1.82, 2.24) is 10.2 Å². The molecule has 2 saturated heterocycles. The van der Waals surface area contributed by atoms with E-state index in [2.05, 4.69) is 5.32 Å². The maximum absolute atomic E-state index is 14.9. The van der Waals surface area contributed by atoms with Gasteiger partial charge in [-0.05, 0) is 24.1 Å². The zero-order valence-electron chi connectivity index (χ0n) is 18.9. The Labute approximate surface area is 199 Å². The molecular formula is C23H31FN4O4S. The summed E-state index contributed by atoms with van der Waals surface area (Å²) in [6, 6.07) is 4.77. The minimum Gasteiger partial charge on any atom is -0.453 e. The lowest BCUT2D eigenvalue weighted by atomic mass is 10.0. The van der Waals surface area contributed by atoms with Crippen LogP contribution in [0.15, 0.2) is 18.2 Å². The highest BCUT2D eigenvalue weighted by Gasteiger charge is 2.33. The Morgan fingerprint density at radius 1 is 1.24 bits per heavy atom. The van der Waals surface area contributed by atoms with Gasteiger partial charge in [0.1, 0.15) is 11.9 Å². The molecule has 2 aliphatic heterocycles. The van der Waals surface area contributed by atoms with E-state index >= 15 is 0 Å². The van der Waals surface area contributed by atoms with Gasteiger partial charge < -0.3 is 24.6 Å². The second-order valence-corrected chi connectivity index (χ2v) is 9.35. The fourth-order valence-corrected chi connectivity index (χ4v) is 5.11. The van der Waals surface area contributed by atoms with Gasteiger partial charge in [0.05, 0.1) is 36.6 Å². The van der Waals surface area contributed by atoms with Crippen molar-refractivity contribution in [2.24, 2.45) is 5.92 Å². The molecule has 3 aliphatic rings. The van der Waals surface area contributed by atoms with E-state index in [9.17, 15) is 14.0 Å². The number of cyclic esters (lactones) is 1. The predicted octanol–water partition coefficient (Wildman–Crippen LogP) is 3.54. The highest BCUT2D eigenvalue weighted by Crippen LogP contribution is 2.29. The van der Waals surface area contributed by atoms with Gasteiger partial charge in [0.15, 0.2) is 0 Å². The highest BCUT2D eigenvalue weighted by molar-refractivity contribution is 7.80. The van der Waals surface area contributed by atoms with Gasteiger partial charge >= 0.3 is 12.2 Å². The third-order valence-electron chi connectivity index (χ3n) is 6.65. The molecule has 2 heterocycles. The second-order valence-electron chi connectivity index (χ2n) is 8.85. The third kappa shape index (κ3) is 5.66. The van der Waals surface area contributed by atoms with Crippen LogP contribution in [0.1, 0.15) is 32.1 Å². The number of rotatable bonds is 6. The SMILES string of the molecule is COC(=O)N1CCN(c2ccc(N3CC(CNC(=S)CC4CCCC4)OC3=O)cc2F)CC1. The van der Waals surface area contributed by atoms with Crippen LogP contribution < -0.4 is 15.1 Å². The minimum absolute atomic E-state index is 0.340. The van der Waals surface area contributed by atoms with Gasteiger partial charge in [0, 0.05) is 32.6 Å². The lowest BCUT2D eigenvalue weighted by Gasteiger charge is -2.35. The van der Waals surface area contributed by atoms with Gasteiger partial charge in [-0.3, -0.25) is 4.90 Å². The third-order valence-corrected chi connectivity index (χ3v) is 6.96. The Kier molecular flexibility index (Phi) is 7.52. The summed E-state index contributed by atoms with van der Waals surface area (Å²) < 4.78 is 25.1. The van der Waals surface area contributed by atoms with Crippen LogP contribution in [0.3, 0.4) is 0 Å². The van der Waals surface area contributed by atoms with Gasteiger partial charge in [-0.25, -0.2) is 14.0 Å². The topological polar surface area (TPSA) is 74.3 Å². The fourth-order valence-electron chi connectivity index (χ4n) is 4.79. The quantitative estimate of drug-likeness (QED) is 0.627. The smallest absolute Gasteiger partial charge is 0.414 e. The number of carbonyl (C=O) groups is 2. The number of carbonyl (C=O) groups excluding carboxylic acids is 2. The number of nitrogens with one attached hydrogen (secondary N) is 1. The molecule has 180 valence electrons. The standard InChI is InChI=1S/C23H31FN4O4S/c1-31-22(29)27-10-8-26(9-11-27)20-7-6-17(13-19(20)24)28-15-18(32-23(28)30)14-25-21(33)12-16-4-2-3-5-16/h6-7,13,16,18H,2-5,8-12,14-15H2,1H3,(H,25,33). The molecule has 0 aromatic heterocycles. The molecule has 33 heavy (non-hydrogen) atoms. The van der Waals surface area contributed by atoms with Crippen LogP contribution >= 0.6 is 12.2 Å². The molecule has 2 amide bonds. The number of halogens is 1. The van der Waals surface area contributed by atoms with Gasteiger partial charge in [0.2, 0.25) is 0 Å². The first kappa shape index (κ1) is 23.5. The van der Waals surface area contributed by atoms with Crippen LogP contribution in [0.4, 0.5) is 25.4 Å². The van der Waals surface area contributed by atoms with E-state index in [1.165, 1.54) is 43.8 Å². The largest absolute Gasteiger partial charge is 0.453 e. The molecule has 1 N–H and O–H groups in total.